The molecule has 2 aromatic carbocycles. The lowest BCUT2D eigenvalue weighted by molar-refractivity contribution is 0.0828. The van der Waals surface area contributed by atoms with Crippen LogP contribution in [0.15, 0.2) is 59.5 Å². The summed E-state index contributed by atoms with van der Waals surface area (Å²) in [6, 6.07) is 11.9. The lowest BCUT2D eigenvalue weighted by Gasteiger charge is -2.20. The third kappa shape index (κ3) is 5.77. The van der Waals surface area contributed by atoms with E-state index < -0.39 is 39.8 Å². The van der Waals surface area contributed by atoms with E-state index in [9.17, 15) is 26.4 Å². The Labute approximate surface area is 223 Å². The van der Waals surface area contributed by atoms with Crippen LogP contribution in [0.2, 0.25) is 0 Å². The highest BCUT2D eigenvalue weighted by molar-refractivity contribution is 7.92. The van der Waals surface area contributed by atoms with E-state index in [1.165, 1.54) is 49.3 Å². The molecule has 4 aromatic rings. The molecule has 0 spiro atoms. The second kappa shape index (κ2) is 10.8. The molecule has 0 aliphatic heterocycles. The third-order valence-corrected chi connectivity index (χ3v) is 7.19. The Morgan fingerprint density at radius 1 is 0.949 bits per heavy atom. The number of aryl methyl sites for hydroxylation is 1. The second-order valence-corrected chi connectivity index (χ2v) is 10.6. The van der Waals surface area contributed by atoms with Gasteiger partial charge in [0.2, 0.25) is 0 Å². The molecule has 0 saturated carbocycles. The quantitative estimate of drug-likeness (QED) is 0.310. The Morgan fingerprint density at radius 3 is 2.26 bits per heavy atom. The predicted molar refractivity (Wildman–Crippen MR) is 141 cm³/mol. The largest absolute Gasteiger partial charge is 0.363 e. The van der Waals surface area contributed by atoms with Crippen LogP contribution >= 0.6 is 0 Å². The number of anilines is 2. The highest BCUT2D eigenvalue weighted by atomic mass is 32.2. The summed E-state index contributed by atoms with van der Waals surface area (Å²) in [7, 11) is -1.11. The van der Waals surface area contributed by atoms with Crippen molar-refractivity contribution >= 4 is 38.6 Å². The zero-order chi connectivity index (χ0) is 28.5. The van der Waals surface area contributed by atoms with Crippen LogP contribution < -0.4 is 10.0 Å². The summed E-state index contributed by atoms with van der Waals surface area (Å²) >= 11 is 0. The Kier molecular flexibility index (Phi) is 7.72. The van der Waals surface area contributed by atoms with Crippen molar-refractivity contribution in [3.8, 4) is 0 Å². The number of hydrogen-bond donors (Lipinski definition) is 2. The number of alkyl halides is 2. The first-order chi connectivity index (χ1) is 18.4. The van der Waals surface area contributed by atoms with Crippen LogP contribution in [0.3, 0.4) is 0 Å². The number of carbonyl (C=O) groups excluding carboxylic acids is 1. The maximum Gasteiger partial charge on any atom is 0.266 e. The van der Waals surface area contributed by atoms with Gasteiger partial charge in [0, 0.05) is 19.7 Å². The van der Waals surface area contributed by atoms with Gasteiger partial charge in [-0.25, -0.2) is 36.5 Å². The summed E-state index contributed by atoms with van der Waals surface area (Å²) in [5.74, 6) is -1.43. The number of rotatable bonds is 8. The lowest BCUT2D eigenvalue weighted by atomic mass is 10.0. The van der Waals surface area contributed by atoms with E-state index in [4.69, 9.17) is 0 Å². The van der Waals surface area contributed by atoms with Crippen molar-refractivity contribution in [2.45, 2.75) is 31.2 Å². The topological polar surface area (TPSA) is 117 Å². The van der Waals surface area contributed by atoms with Crippen LogP contribution in [-0.4, -0.2) is 48.3 Å². The van der Waals surface area contributed by atoms with Gasteiger partial charge in [-0.3, -0.25) is 9.52 Å². The average molecular weight is 559 g/mol. The number of pyridine rings is 1. The van der Waals surface area contributed by atoms with E-state index in [2.05, 4.69) is 25.0 Å². The Balaban J connectivity index is 1.83. The first kappa shape index (κ1) is 27.8. The van der Waals surface area contributed by atoms with Gasteiger partial charge in [0.15, 0.2) is 11.5 Å². The maximum atomic E-state index is 14.8. The van der Waals surface area contributed by atoms with Gasteiger partial charge in [0.25, 0.3) is 22.4 Å². The van der Waals surface area contributed by atoms with E-state index in [0.717, 1.165) is 6.07 Å². The molecule has 39 heavy (non-hydrogen) atoms. The molecular formula is C26H25F3N6O3S. The molecule has 204 valence electrons. The fraction of sp³-hybridized carbons (Fsp3) is 0.231. The number of carbonyl (C=O) groups is 1. The standard InChI is InChI=1S/C26H25F3N6O3S/c1-14(17-11-8-12-18(21(17)27)22(28)29)30-23-19-13-20(26(36)35(3)4)25(33-24(19)32-15(2)31-23)34-39(37,38)16-9-6-5-7-10-16/h5-14,22H,1-4H3,(H2,30,31,32,33,34)/t14-/m1/s1. The van der Waals surface area contributed by atoms with E-state index in [1.54, 1.807) is 32.0 Å². The molecule has 4 rings (SSSR count). The van der Waals surface area contributed by atoms with Crippen molar-refractivity contribution in [3.05, 3.63) is 82.9 Å². The molecule has 2 aromatic heterocycles. The van der Waals surface area contributed by atoms with Crippen molar-refractivity contribution in [3.63, 3.8) is 0 Å². The molecule has 0 unspecified atom stereocenters. The minimum atomic E-state index is -4.10. The van der Waals surface area contributed by atoms with Gasteiger partial charge in [0.1, 0.15) is 17.5 Å². The zero-order valence-electron chi connectivity index (χ0n) is 21.4. The molecule has 2 N–H and O–H groups in total. The van der Waals surface area contributed by atoms with Gasteiger partial charge in [-0.05, 0) is 32.0 Å². The average Bonchev–Trinajstić information content (AvgIpc) is 2.88. The summed E-state index contributed by atoms with van der Waals surface area (Å²) in [5.41, 5.74) is -0.760. The Bertz CT molecular complexity index is 1650. The molecule has 13 heteroatoms. The molecule has 0 aliphatic rings. The van der Waals surface area contributed by atoms with Gasteiger partial charge in [-0.15, -0.1) is 0 Å². The van der Waals surface area contributed by atoms with E-state index in [1.807, 2.05) is 0 Å². The number of amides is 1. The van der Waals surface area contributed by atoms with Gasteiger partial charge in [-0.1, -0.05) is 36.4 Å². The smallest absolute Gasteiger partial charge is 0.266 e. The molecule has 0 aliphatic carbocycles. The summed E-state index contributed by atoms with van der Waals surface area (Å²) in [6.07, 6.45) is -2.99. The molecule has 0 saturated heterocycles. The molecular weight excluding hydrogens is 533 g/mol. The normalized spacial score (nSPS) is 12.4. The van der Waals surface area contributed by atoms with Crippen molar-refractivity contribution in [1.29, 1.82) is 0 Å². The maximum absolute atomic E-state index is 14.8. The third-order valence-electron chi connectivity index (χ3n) is 5.83. The molecule has 9 nitrogen and oxygen atoms in total. The molecule has 0 bridgehead atoms. The molecule has 1 amide bonds. The number of sulfonamides is 1. The highest BCUT2D eigenvalue weighted by Crippen LogP contribution is 2.32. The van der Waals surface area contributed by atoms with Crippen LogP contribution in [0, 0.1) is 12.7 Å². The number of aromatic nitrogens is 3. The molecule has 0 radical (unpaired) electrons. The van der Waals surface area contributed by atoms with E-state index in [-0.39, 0.29) is 44.5 Å². The summed E-state index contributed by atoms with van der Waals surface area (Å²) in [6.45, 7) is 3.14. The van der Waals surface area contributed by atoms with Crippen LogP contribution in [-0.2, 0) is 10.0 Å². The van der Waals surface area contributed by atoms with Gasteiger partial charge < -0.3 is 10.2 Å². The molecule has 0 fully saturated rings. The fourth-order valence-electron chi connectivity index (χ4n) is 3.90. The number of nitrogens with one attached hydrogen (secondary N) is 2. The van der Waals surface area contributed by atoms with E-state index in [0.29, 0.717) is 0 Å². The monoisotopic (exact) mass is 558 g/mol. The zero-order valence-corrected chi connectivity index (χ0v) is 22.2. The minimum absolute atomic E-state index is 0.0120. The van der Waals surface area contributed by atoms with Crippen molar-refractivity contribution in [2.75, 3.05) is 24.1 Å². The van der Waals surface area contributed by atoms with Gasteiger partial charge in [0.05, 0.1) is 27.5 Å². The van der Waals surface area contributed by atoms with Crippen LogP contribution in [0.1, 0.15) is 46.7 Å². The molecule has 1 atom stereocenters. The number of fused-ring (bicyclic) bond motifs is 1. The summed E-state index contributed by atoms with van der Waals surface area (Å²) in [4.78, 5) is 27.3. The van der Waals surface area contributed by atoms with Crippen molar-refractivity contribution < 1.29 is 26.4 Å². The Morgan fingerprint density at radius 2 is 1.62 bits per heavy atom. The number of benzene rings is 2. The fourth-order valence-corrected chi connectivity index (χ4v) is 4.94. The number of nitrogens with zero attached hydrogens (tertiary/aromatic N) is 4. The first-order valence-corrected chi connectivity index (χ1v) is 13.2. The van der Waals surface area contributed by atoms with Crippen LogP contribution in [0.25, 0.3) is 11.0 Å². The van der Waals surface area contributed by atoms with Gasteiger partial charge in [-0.2, -0.15) is 0 Å². The lowest BCUT2D eigenvalue weighted by Crippen LogP contribution is -2.25. The number of halogens is 3. The highest BCUT2D eigenvalue weighted by Gasteiger charge is 2.25. The number of hydrogen-bond acceptors (Lipinski definition) is 7. The van der Waals surface area contributed by atoms with Crippen LogP contribution in [0.4, 0.5) is 24.8 Å². The van der Waals surface area contributed by atoms with Gasteiger partial charge >= 0.3 is 0 Å². The first-order valence-electron chi connectivity index (χ1n) is 11.7. The Hall–Kier alpha value is -4.26. The summed E-state index contributed by atoms with van der Waals surface area (Å²) in [5, 5.41) is 3.24. The predicted octanol–water partition coefficient (Wildman–Crippen LogP) is 5.09. The van der Waals surface area contributed by atoms with Crippen LogP contribution in [0.5, 0.6) is 0 Å². The van der Waals surface area contributed by atoms with E-state index >= 15 is 0 Å². The second-order valence-electron chi connectivity index (χ2n) is 8.91. The summed E-state index contributed by atoms with van der Waals surface area (Å²) < 4.78 is 69.7. The SMILES string of the molecule is Cc1nc(N[C@H](C)c2cccc(C(F)F)c2F)c2cc(C(=O)N(C)C)c(NS(=O)(=O)c3ccccc3)nc2n1. The van der Waals surface area contributed by atoms with Crippen molar-refractivity contribution in [1.82, 2.24) is 19.9 Å². The van der Waals surface area contributed by atoms with Crippen molar-refractivity contribution in [2.24, 2.45) is 0 Å². The molecule has 2 heterocycles. The minimum Gasteiger partial charge on any atom is -0.363 e.